The molecular weight excluding hydrogens is 222 g/mol. The fraction of sp³-hybridized carbons (Fsp3) is 0.417. The lowest BCUT2D eigenvalue weighted by molar-refractivity contribution is -0.122. The van der Waals surface area contributed by atoms with Gasteiger partial charge in [-0.2, -0.15) is 0 Å². The number of ether oxygens (including phenoxy) is 2. The highest BCUT2D eigenvalue weighted by atomic mass is 16.5. The van der Waals surface area contributed by atoms with E-state index in [-0.39, 0.29) is 12.0 Å². The third-order valence-electron chi connectivity index (χ3n) is 2.10. The van der Waals surface area contributed by atoms with E-state index < -0.39 is 0 Å². The standard InChI is InChI=1S/C11H17NO2.CH2O2/c1-11(2,12)8-5-9(13-3)7-10(6-8)14-4;2-1-3/h5-7H,12H2,1-4H3;1H,(H,2,3). The van der Waals surface area contributed by atoms with E-state index in [1.165, 1.54) is 0 Å². The Morgan fingerprint density at radius 1 is 1.18 bits per heavy atom. The average molecular weight is 241 g/mol. The molecule has 0 aromatic heterocycles. The summed E-state index contributed by atoms with van der Waals surface area (Å²) < 4.78 is 10.3. The van der Waals surface area contributed by atoms with Crippen molar-refractivity contribution in [2.75, 3.05) is 14.2 Å². The van der Waals surface area contributed by atoms with E-state index in [2.05, 4.69) is 0 Å². The molecule has 1 aromatic rings. The van der Waals surface area contributed by atoms with Gasteiger partial charge in [-0.25, -0.2) is 0 Å². The quantitative estimate of drug-likeness (QED) is 0.785. The summed E-state index contributed by atoms with van der Waals surface area (Å²) >= 11 is 0. The van der Waals surface area contributed by atoms with Crippen molar-refractivity contribution in [2.24, 2.45) is 5.73 Å². The summed E-state index contributed by atoms with van der Waals surface area (Å²) in [6.07, 6.45) is 0. The van der Waals surface area contributed by atoms with Crippen molar-refractivity contribution in [1.82, 2.24) is 0 Å². The summed E-state index contributed by atoms with van der Waals surface area (Å²) in [7, 11) is 3.25. The van der Waals surface area contributed by atoms with Gasteiger partial charge < -0.3 is 20.3 Å². The van der Waals surface area contributed by atoms with Crippen molar-refractivity contribution in [1.29, 1.82) is 0 Å². The molecule has 5 heteroatoms. The topological polar surface area (TPSA) is 81.8 Å². The minimum absolute atomic E-state index is 0.250. The lowest BCUT2D eigenvalue weighted by atomic mass is 9.95. The Bertz CT molecular complexity index is 336. The fourth-order valence-electron chi connectivity index (χ4n) is 1.18. The van der Waals surface area contributed by atoms with Crippen molar-refractivity contribution >= 4 is 6.47 Å². The lowest BCUT2D eigenvalue weighted by Gasteiger charge is -2.20. The zero-order valence-electron chi connectivity index (χ0n) is 10.6. The van der Waals surface area contributed by atoms with E-state index in [4.69, 9.17) is 25.1 Å². The van der Waals surface area contributed by atoms with Crippen molar-refractivity contribution < 1.29 is 19.4 Å². The highest BCUT2D eigenvalue weighted by Crippen LogP contribution is 2.27. The number of carbonyl (C=O) groups is 1. The number of hydrogen-bond donors (Lipinski definition) is 2. The molecule has 96 valence electrons. The first-order valence-corrected chi connectivity index (χ1v) is 4.99. The van der Waals surface area contributed by atoms with Gasteiger partial charge >= 0.3 is 0 Å². The predicted octanol–water partition coefficient (Wildman–Crippen LogP) is 1.60. The van der Waals surface area contributed by atoms with Crippen molar-refractivity contribution in [3.8, 4) is 11.5 Å². The number of methoxy groups -OCH3 is 2. The van der Waals surface area contributed by atoms with Gasteiger partial charge in [0.2, 0.25) is 0 Å². The third kappa shape index (κ3) is 5.21. The number of rotatable bonds is 3. The summed E-state index contributed by atoms with van der Waals surface area (Å²) in [6.45, 7) is 3.64. The zero-order chi connectivity index (χ0) is 13.5. The maximum Gasteiger partial charge on any atom is 0.290 e. The molecule has 1 rings (SSSR count). The molecule has 0 aliphatic rings. The number of carboxylic acid groups (broad SMARTS) is 1. The van der Waals surface area contributed by atoms with Gasteiger partial charge in [0, 0.05) is 11.6 Å². The van der Waals surface area contributed by atoms with Crippen LogP contribution in [-0.4, -0.2) is 25.8 Å². The molecule has 17 heavy (non-hydrogen) atoms. The van der Waals surface area contributed by atoms with Crippen LogP contribution in [0.4, 0.5) is 0 Å². The molecule has 0 atom stereocenters. The Kier molecular flexibility index (Phi) is 6.06. The number of hydrogen-bond acceptors (Lipinski definition) is 4. The van der Waals surface area contributed by atoms with E-state index in [1.54, 1.807) is 14.2 Å². The molecule has 0 bridgehead atoms. The Morgan fingerprint density at radius 2 is 1.53 bits per heavy atom. The smallest absolute Gasteiger partial charge is 0.290 e. The SMILES string of the molecule is COc1cc(OC)cc(C(C)(C)N)c1.O=CO. The first-order valence-electron chi connectivity index (χ1n) is 4.99. The molecule has 0 spiro atoms. The molecule has 0 saturated heterocycles. The molecule has 0 saturated carbocycles. The van der Waals surface area contributed by atoms with E-state index in [9.17, 15) is 0 Å². The minimum atomic E-state index is -0.387. The van der Waals surface area contributed by atoms with Crippen LogP contribution >= 0.6 is 0 Å². The van der Waals surface area contributed by atoms with Gasteiger partial charge in [-0.15, -0.1) is 0 Å². The summed E-state index contributed by atoms with van der Waals surface area (Å²) in [5.74, 6) is 1.52. The largest absolute Gasteiger partial charge is 0.497 e. The van der Waals surface area contributed by atoms with Gasteiger partial charge in [-0.05, 0) is 31.5 Å². The molecule has 0 radical (unpaired) electrons. The molecule has 0 aliphatic carbocycles. The average Bonchev–Trinajstić information content (AvgIpc) is 2.28. The van der Waals surface area contributed by atoms with Gasteiger partial charge in [-0.1, -0.05) is 0 Å². The Hall–Kier alpha value is -1.75. The van der Waals surface area contributed by atoms with Gasteiger partial charge in [0.05, 0.1) is 14.2 Å². The molecule has 1 aromatic carbocycles. The highest BCUT2D eigenvalue weighted by Gasteiger charge is 2.16. The molecule has 0 heterocycles. The Labute approximate surface area is 101 Å². The van der Waals surface area contributed by atoms with Gasteiger partial charge in [0.25, 0.3) is 6.47 Å². The minimum Gasteiger partial charge on any atom is -0.497 e. The first-order chi connectivity index (χ1) is 7.88. The van der Waals surface area contributed by atoms with Crippen LogP contribution in [0.25, 0.3) is 0 Å². The Balaban J connectivity index is 0.000000770. The van der Waals surface area contributed by atoms with Gasteiger partial charge in [-0.3, -0.25) is 4.79 Å². The molecule has 0 amide bonds. The molecule has 0 aliphatic heterocycles. The predicted molar refractivity (Wildman–Crippen MR) is 65.5 cm³/mol. The Morgan fingerprint density at radius 3 is 1.76 bits per heavy atom. The van der Waals surface area contributed by atoms with Crippen LogP contribution in [-0.2, 0) is 10.3 Å². The van der Waals surface area contributed by atoms with Crippen LogP contribution in [0.3, 0.4) is 0 Å². The zero-order valence-corrected chi connectivity index (χ0v) is 10.6. The van der Waals surface area contributed by atoms with E-state index in [0.29, 0.717) is 0 Å². The van der Waals surface area contributed by atoms with Crippen molar-refractivity contribution in [3.05, 3.63) is 23.8 Å². The second-order valence-electron chi connectivity index (χ2n) is 3.93. The third-order valence-corrected chi connectivity index (χ3v) is 2.10. The van der Waals surface area contributed by atoms with E-state index >= 15 is 0 Å². The molecule has 5 nitrogen and oxygen atoms in total. The van der Waals surface area contributed by atoms with Crippen molar-refractivity contribution in [3.63, 3.8) is 0 Å². The van der Waals surface area contributed by atoms with Crippen LogP contribution in [0.2, 0.25) is 0 Å². The molecule has 3 N–H and O–H groups in total. The number of nitrogens with two attached hydrogens (primary N) is 1. The number of benzene rings is 1. The van der Waals surface area contributed by atoms with E-state index in [0.717, 1.165) is 17.1 Å². The summed E-state index contributed by atoms with van der Waals surface area (Å²) in [5, 5.41) is 6.89. The molecule has 0 fully saturated rings. The molecule has 0 unspecified atom stereocenters. The second-order valence-corrected chi connectivity index (χ2v) is 3.93. The van der Waals surface area contributed by atoms with Crippen LogP contribution in [0.1, 0.15) is 19.4 Å². The second kappa shape index (κ2) is 6.75. The highest BCUT2D eigenvalue weighted by molar-refractivity contribution is 5.40. The van der Waals surface area contributed by atoms with Crippen LogP contribution in [0.5, 0.6) is 11.5 Å². The fourth-order valence-corrected chi connectivity index (χ4v) is 1.18. The lowest BCUT2D eigenvalue weighted by Crippen LogP contribution is -2.28. The summed E-state index contributed by atoms with van der Waals surface area (Å²) in [5.41, 5.74) is 6.60. The first kappa shape index (κ1) is 15.2. The van der Waals surface area contributed by atoms with Crippen molar-refractivity contribution in [2.45, 2.75) is 19.4 Å². The maximum absolute atomic E-state index is 8.36. The van der Waals surface area contributed by atoms with Crippen LogP contribution < -0.4 is 15.2 Å². The van der Waals surface area contributed by atoms with Crippen LogP contribution in [0, 0.1) is 0 Å². The van der Waals surface area contributed by atoms with Gasteiger partial charge in [0.1, 0.15) is 11.5 Å². The monoisotopic (exact) mass is 241 g/mol. The summed E-state index contributed by atoms with van der Waals surface area (Å²) in [4.78, 5) is 8.36. The summed E-state index contributed by atoms with van der Waals surface area (Å²) in [6, 6.07) is 5.67. The molecular formula is C12H19NO4. The van der Waals surface area contributed by atoms with Crippen LogP contribution in [0.15, 0.2) is 18.2 Å². The normalized spacial score (nSPS) is 9.94. The van der Waals surface area contributed by atoms with E-state index in [1.807, 2.05) is 32.0 Å². The van der Waals surface area contributed by atoms with Gasteiger partial charge in [0.15, 0.2) is 0 Å². The maximum atomic E-state index is 8.36.